The van der Waals surface area contributed by atoms with Crippen molar-refractivity contribution in [1.29, 1.82) is 0 Å². The molecule has 0 heterocycles. The summed E-state index contributed by atoms with van der Waals surface area (Å²) in [6.07, 6.45) is 0.725. The minimum absolute atomic E-state index is 0.0126. The number of aliphatic hydroxyl groups is 1. The molecule has 5 N–H and O–H groups in total. The first kappa shape index (κ1) is 13.2. The standard InChI is InChI=1S/C9H21N3O2/c1-7(8(10)12-14)11-6-9(2,3)4-5-13/h7,11,13-14H,4-6H2,1-3H3,(H2,10,12). The van der Waals surface area contributed by atoms with Crippen LogP contribution in [-0.2, 0) is 0 Å². The second-order valence-electron chi connectivity index (χ2n) is 4.27. The summed E-state index contributed by atoms with van der Waals surface area (Å²) in [5.41, 5.74) is 5.42. The molecule has 0 amide bonds. The second kappa shape index (κ2) is 5.82. The van der Waals surface area contributed by atoms with E-state index < -0.39 is 0 Å². The smallest absolute Gasteiger partial charge is 0.156 e. The van der Waals surface area contributed by atoms with Crippen molar-refractivity contribution in [2.24, 2.45) is 16.3 Å². The zero-order valence-electron chi connectivity index (χ0n) is 9.12. The first-order valence-corrected chi connectivity index (χ1v) is 4.74. The first-order valence-electron chi connectivity index (χ1n) is 4.74. The maximum atomic E-state index is 8.81. The number of rotatable bonds is 6. The topological polar surface area (TPSA) is 90.9 Å². The molecule has 1 unspecified atom stereocenters. The Morgan fingerprint density at radius 2 is 2.14 bits per heavy atom. The Hall–Kier alpha value is -0.810. The normalized spacial score (nSPS) is 15.6. The van der Waals surface area contributed by atoms with E-state index in [-0.39, 0.29) is 23.9 Å². The zero-order chi connectivity index (χ0) is 11.2. The summed E-state index contributed by atoms with van der Waals surface area (Å²) in [4.78, 5) is 0. The molecule has 0 aromatic heterocycles. The molecule has 5 nitrogen and oxygen atoms in total. The monoisotopic (exact) mass is 203 g/mol. The Labute approximate surface area is 85.0 Å². The Morgan fingerprint density at radius 1 is 1.57 bits per heavy atom. The molecule has 0 aliphatic rings. The first-order chi connectivity index (χ1) is 6.43. The summed E-state index contributed by atoms with van der Waals surface area (Å²) < 4.78 is 0. The molecule has 0 aromatic carbocycles. The van der Waals surface area contributed by atoms with E-state index in [1.807, 2.05) is 6.92 Å². The number of aliphatic hydroxyl groups excluding tert-OH is 1. The Balaban J connectivity index is 3.93. The van der Waals surface area contributed by atoms with Gasteiger partial charge in [-0.3, -0.25) is 0 Å². The fourth-order valence-electron chi connectivity index (χ4n) is 1.01. The molecule has 0 aromatic rings. The van der Waals surface area contributed by atoms with Crippen molar-refractivity contribution in [1.82, 2.24) is 5.32 Å². The van der Waals surface area contributed by atoms with Crippen molar-refractivity contribution >= 4 is 5.84 Å². The van der Waals surface area contributed by atoms with Gasteiger partial charge in [0.05, 0.1) is 6.04 Å². The van der Waals surface area contributed by atoms with Gasteiger partial charge in [0.25, 0.3) is 0 Å². The van der Waals surface area contributed by atoms with Gasteiger partial charge in [-0.15, -0.1) is 0 Å². The highest BCUT2D eigenvalue weighted by Crippen LogP contribution is 2.18. The van der Waals surface area contributed by atoms with Gasteiger partial charge in [-0.1, -0.05) is 19.0 Å². The van der Waals surface area contributed by atoms with Crippen molar-refractivity contribution in [3.63, 3.8) is 0 Å². The predicted octanol–water partition coefficient (Wildman–Crippen LogP) is 0.120. The van der Waals surface area contributed by atoms with Crippen LogP contribution in [0.4, 0.5) is 0 Å². The number of nitrogens with two attached hydrogens (primary N) is 1. The molecular formula is C9H21N3O2. The third-order valence-electron chi connectivity index (χ3n) is 2.23. The molecule has 0 saturated carbocycles. The van der Waals surface area contributed by atoms with E-state index in [2.05, 4.69) is 24.3 Å². The lowest BCUT2D eigenvalue weighted by Crippen LogP contribution is -2.43. The third-order valence-corrected chi connectivity index (χ3v) is 2.23. The van der Waals surface area contributed by atoms with Gasteiger partial charge in [0.1, 0.15) is 0 Å². The van der Waals surface area contributed by atoms with Gasteiger partial charge in [-0.25, -0.2) is 0 Å². The average Bonchev–Trinajstić information content (AvgIpc) is 2.13. The van der Waals surface area contributed by atoms with Gasteiger partial charge in [-0.2, -0.15) is 0 Å². The van der Waals surface area contributed by atoms with E-state index in [1.54, 1.807) is 0 Å². The van der Waals surface area contributed by atoms with E-state index in [0.29, 0.717) is 6.54 Å². The Bertz CT molecular complexity index is 192. The van der Waals surface area contributed by atoms with Crippen LogP contribution in [0.15, 0.2) is 5.16 Å². The molecule has 0 saturated heterocycles. The third kappa shape index (κ3) is 5.04. The van der Waals surface area contributed by atoms with Gasteiger partial charge in [0.2, 0.25) is 0 Å². The lowest BCUT2D eigenvalue weighted by Gasteiger charge is -2.25. The molecule has 0 spiro atoms. The Kier molecular flexibility index (Phi) is 5.49. The summed E-state index contributed by atoms with van der Waals surface area (Å²) >= 11 is 0. The molecule has 0 radical (unpaired) electrons. The van der Waals surface area contributed by atoms with Crippen LogP contribution in [0.2, 0.25) is 0 Å². The molecule has 0 rings (SSSR count). The van der Waals surface area contributed by atoms with Crippen molar-refractivity contribution in [2.45, 2.75) is 33.2 Å². The van der Waals surface area contributed by atoms with Crippen molar-refractivity contribution < 1.29 is 10.3 Å². The minimum Gasteiger partial charge on any atom is -0.409 e. The van der Waals surface area contributed by atoms with Gasteiger partial charge in [0, 0.05) is 13.2 Å². The average molecular weight is 203 g/mol. The van der Waals surface area contributed by atoms with E-state index in [4.69, 9.17) is 16.0 Å². The fourth-order valence-corrected chi connectivity index (χ4v) is 1.01. The maximum absolute atomic E-state index is 8.81. The van der Waals surface area contributed by atoms with Gasteiger partial charge in [0.15, 0.2) is 5.84 Å². The number of hydrogen-bond acceptors (Lipinski definition) is 4. The quantitative estimate of drug-likeness (QED) is 0.213. The van der Waals surface area contributed by atoms with Crippen LogP contribution in [0.25, 0.3) is 0 Å². The van der Waals surface area contributed by atoms with Gasteiger partial charge in [-0.05, 0) is 18.8 Å². The van der Waals surface area contributed by atoms with Crippen LogP contribution in [0.1, 0.15) is 27.2 Å². The number of oxime groups is 1. The zero-order valence-corrected chi connectivity index (χ0v) is 9.12. The summed E-state index contributed by atoms with van der Waals surface area (Å²) in [5, 5.41) is 23.3. The van der Waals surface area contributed by atoms with Crippen molar-refractivity contribution in [2.75, 3.05) is 13.2 Å². The molecule has 0 aliphatic carbocycles. The van der Waals surface area contributed by atoms with Gasteiger partial charge >= 0.3 is 0 Å². The minimum atomic E-state index is -0.155. The molecule has 84 valence electrons. The molecule has 0 aliphatic heterocycles. The summed E-state index contributed by atoms with van der Waals surface area (Å²) in [7, 11) is 0. The van der Waals surface area contributed by atoms with E-state index in [0.717, 1.165) is 6.42 Å². The summed E-state index contributed by atoms with van der Waals surface area (Å²) in [6.45, 7) is 6.81. The lowest BCUT2D eigenvalue weighted by molar-refractivity contribution is 0.206. The highest BCUT2D eigenvalue weighted by atomic mass is 16.4. The molecule has 14 heavy (non-hydrogen) atoms. The van der Waals surface area contributed by atoms with E-state index in [1.165, 1.54) is 0 Å². The highest BCUT2D eigenvalue weighted by Gasteiger charge is 2.18. The SMILES string of the molecule is CC(NCC(C)(C)CCO)C(N)=NO. The largest absolute Gasteiger partial charge is 0.409 e. The van der Waals surface area contributed by atoms with Crippen LogP contribution in [0, 0.1) is 5.41 Å². The maximum Gasteiger partial charge on any atom is 0.156 e. The molecule has 0 fully saturated rings. The predicted molar refractivity (Wildman–Crippen MR) is 56.4 cm³/mol. The van der Waals surface area contributed by atoms with Crippen molar-refractivity contribution in [3.8, 4) is 0 Å². The lowest BCUT2D eigenvalue weighted by atomic mass is 9.89. The highest BCUT2D eigenvalue weighted by molar-refractivity contribution is 5.84. The number of amidine groups is 1. The number of hydrogen-bond donors (Lipinski definition) is 4. The van der Waals surface area contributed by atoms with Crippen LogP contribution >= 0.6 is 0 Å². The van der Waals surface area contributed by atoms with Crippen LogP contribution < -0.4 is 11.1 Å². The van der Waals surface area contributed by atoms with Crippen LogP contribution in [-0.4, -0.2) is 35.3 Å². The number of nitrogens with zero attached hydrogens (tertiary/aromatic N) is 1. The van der Waals surface area contributed by atoms with Crippen LogP contribution in [0.5, 0.6) is 0 Å². The number of nitrogens with one attached hydrogen (secondary N) is 1. The second-order valence-corrected chi connectivity index (χ2v) is 4.27. The summed E-state index contributed by atoms with van der Waals surface area (Å²) in [5.74, 6) is 0.171. The molecule has 0 bridgehead atoms. The van der Waals surface area contributed by atoms with E-state index >= 15 is 0 Å². The van der Waals surface area contributed by atoms with Crippen LogP contribution in [0.3, 0.4) is 0 Å². The van der Waals surface area contributed by atoms with Gasteiger partial charge < -0.3 is 21.4 Å². The fraction of sp³-hybridized carbons (Fsp3) is 0.889. The Morgan fingerprint density at radius 3 is 2.57 bits per heavy atom. The molecular weight excluding hydrogens is 182 g/mol. The molecule has 5 heteroatoms. The molecule has 1 atom stereocenters. The van der Waals surface area contributed by atoms with E-state index in [9.17, 15) is 0 Å². The summed E-state index contributed by atoms with van der Waals surface area (Å²) in [6, 6.07) is -0.155. The van der Waals surface area contributed by atoms with Crippen molar-refractivity contribution in [3.05, 3.63) is 0 Å².